The lowest BCUT2D eigenvalue weighted by molar-refractivity contribution is -0.128. The molecule has 0 aliphatic carbocycles. The van der Waals surface area contributed by atoms with Gasteiger partial charge in [0.15, 0.2) is 5.11 Å². The van der Waals surface area contributed by atoms with Crippen LogP contribution in [0, 0.1) is 0 Å². The van der Waals surface area contributed by atoms with Crippen molar-refractivity contribution in [1.29, 1.82) is 0 Å². The van der Waals surface area contributed by atoms with Crippen LogP contribution in [0.3, 0.4) is 0 Å². The first-order valence-corrected chi connectivity index (χ1v) is 15.2. The van der Waals surface area contributed by atoms with Gasteiger partial charge in [-0.3, -0.25) is 13.9 Å². The van der Waals surface area contributed by atoms with Crippen LogP contribution in [0.5, 0.6) is 0 Å². The number of rotatable bonds is 6. The largest absolute Gasteiger partial charge is 0.352 e. The molecule has 40 heavy (non-hydrogen) atoms. The number of thiocarbonyl (C=S) groups is 1. The van der Waals surface area contributed by atoms with Crippen molar-refractivity contribution in [1.82, 2.24) is 19.6 Å². The first kappa shape index (κ1) is 28.4. The van der Waals surface area contributed by atoms with Gasteiger partial charge in [-0.1, -0.05) is 54.1 Å². The van der Waals surface area contributed by atoms with E-state index in [1.165, 1.54) is 4.31 Å². The second kappa shape index (κ2) is 11.0. The van der Waals surface area contributed by atoms with Gasteiger partial charge in [0.25, 0.3) is 0 Å². The fourth-order valence-electron chi connectivity index (χ4n) is 5.04. The first-order valence-electron chi connectivity index (χ1n) is 12.9. The molecule has 1 saturated heterocycles. The van der Waals surface area contributed by atoms with Crippen molar-refractivity contribution in [3.05, 3.63) is 94.8 Å². The number of fused-ring (bicyclic) bond motifs is 1. The summed E-state index contributed by atoms with van der Waals surface area (Å²) in [7, 11) is -3.31. The molecule has 4 aromatic rings. The molecular formula is C29H32ClN5O3S2. The topological polar surface area (TPSA) is 114 Å². The Morgan fingerprint density at radius 3 is 2.50 bits per heavy atom. The Labute approximate surface area is 245 Å². The quantitative estimate of drug-likeness (QED) is 0.149. The maximum atomic E-state index is 12.7. The molecule has 0 saturated carbocycles. The summed E-state index contributed by atoms with van der Waals surface area (Å²) in [6.07, 6.45) is 0.600. The molecule has 210 valence electrons. The van der Waals surface area contributed by atoms with Crippen molar-refractivity contribution < 1.29 is 13.9 Å². The van der Waals surface area contributed by atoms with Crippen molar-refractivity contribution in [3.63, 3.8) is 0 Å². The number of carbonyl (C=O) groups is 1. The Bertz CT molecular complexity index is 1540. The summed E-state index contributed by atoms with van der Waals surface area (Å²) in [6.45, 7) is 5.42. The van der Waals surface area contributed by atoms with Gasteiger partial charge >= 0.3 is 0 Å². The van der Waals surface area contributed by atoms with Gasteiger partial charge in [-0.2, -0.15) is 0 Å². The van der Waals surface area contributed by atoms with Crippen LogP contribution in [-0.2, 0) is 11.2 Å². The third kappa shape index (κ3) is 5.96. The number of nitrogens with zero attached hydrogens (tertiary/aromatic N) is 2. The maximum absolute atomic E-state index is 12.7. The molecule has 0 radical (unpaired) electrons. The lowest BCUT2D eigenvalue weighted by Crippen LogP contribution is -2.43. The molecule has 8 nitrogen and oxygen atoms in total. The predicted molar refractivity (Wildman–Crippen MR) is 167 cm³/mol. The van der Waals surface area contributed by atoms with Gasteiger partial charge < -0.3 is 15.6 Å². The monoisotopic (exact) mass is 597 g/mol. The standard InChI is InChI=1S/C29H32ClN5O3S2/c1-29(2,3)35-26(36)17-25(40(35,37)38)19-11-9-18(10-12-19)15-24(34-28(39)31-21-7-5-4-6-8-21)27-32-22-14-13-20(30)16-23(22)33-27/h4-14,16,24-25,37-38H,15,17H2,1-3H3,(H,32,33)(H2,31,34,39)/t24-,25?/m0/s1. The Hall–Kier alpha value is -3.15. The minimum absolute atomic E-state index is 0.0596. The van der Waals surface area contributed by atoms with Crippen molar-refractivity contribution in [2.45, 2.75) is 50.4 Å². The van der Waals surface area contributed by atoms with Crippen LogP contribution in [0.1, 0.15) is 55.4 Å². The summed E-state index contributed by atoms with van der Waals surface area (Å²) in [5.74, 6) is 0.449. The molecule has 2 atom stereocenters. The zero-order valence-corrected chi connectivity index (χ0v) is 24.8. The van der Waals surface area contributed by atoms with E-state index in [4.69, 9.17) is 28.8 Å². The summed E-state index contributed by atoms with van der Waals surface area (Å²) >= 11 is 11.8. The molecule has 1 unspecified atom stereocenters. The predicted octanol–water partition coefficient (Wildman–Crippen LogP) is 7.22. The molecule has 1 fully saturated rings. The van der Waals surface area contributed by atoms with E-state index in [1.807, 2.05) is 66.7 Å². The molecule has 1 amide bonds. The molecule has 0 bridgehead atoms. The third-order valence-electron chi connectivity index (χ3n) is 6.77. The minimum atomic E-state index is -3.31. The number of H-pyrrole nitrogens is 1. The molecule has 1 aromatic heterocycles. The van der Waals surface area contributed by atoms with Gasteiger partial charge in [0, 0.05) is 10.7 Å². The fraction of sp³-hybridized carbons (Fsp3) is 0.276. The zero-order valence-electron chi connectivity index (χ0n) is 22.4. The van der Waals surface area contributed by atoms with Crippen molar-refractivity contribution in [2.24, 2.45) is 0 Å². The fourth-order valence-corrected chi connectivity index (χ4v) is 7.80. The Kier molecular flexibility index (Phi) is 7.82. The number of para-hydroxylation sites is 1. The molecule has 1 aliphatic heterocycles. The van der Waals surface area contributed by atoms with Crippen molar-refractivity contribution in [3.8, 4) is 0 Å². The highest BCUT2D eigenvalue weighted by molar-refractivity contribution is 8.23. The van der Waals surface area contributed by atoms with E-state index < -0.39 is 21.6 Å². The van der Waals surface area contributed by atoms with Crippen LogP contribution in [0.25, 0.3) is 11.0 Å². The molecule has 3 aromatic carbocycles. The summed E-state index contributed by atoms with van der Waals surface area (Å²) in [5.41, 5.74) is 3.50. The van der Waals surface area contributed by atoms with E-state index in [-0.39, 0.29) is 18.4 Å². The van der Waals surface area contributed by atoms with Gasteiger partial charge in [-0.25, -0.2) is 9.29 Å². The smallest absolute Gasteiger partial charge is 0.243 e. The number of imidazole rings is 1. The lowest BCUT2D eigenvalue weighted by atomic mass is 10.0. The van der Waals surface area contributed by atoms with Crippen molar-refractivity contribution >= 4 is 62.3 Å². The highest BCUT2D eigenvalue weighted by atomic mass is 35.5. The van der Waals surface area contributed by atoms with Crippen LogP contribution in [0.15, 0.2) is 72.8 Å². The summed E-state index contributed by atoms with van der Waals surface area (Å²) in [4.78, 5) is 20.8. The number of carbonyl (C=O) groups excluding carboxylic acids is 1. The second-order valence-electron chi connectivity index (χ2n) is 10.9. The van der Waals surface area contributed by atoms with Crippen molar-refractivity contribution in [2.75, 3.05) is 5.32 Å². The summed E-state index contributed by atoms with van der Waals surface area (Å²) in [5, 5.41) is 6.99. The highest BCUT2D eigenvalue weighted by Crippen LogP contribution is 2.65. The molecule has 1 aliphatic rings. The molecule has 2 heterocycles. The van der Waals surface area contributed by atoms with Gasteiger partial charge in [-0.15, -0.1) is 10.8 Å². The van der Waals surface area contributed by atoms with Crippen LogP contribution in [0.4, 0.5) is 5.69 Å². The maximum Gasteiger partial charge on any atom is 0.243 e. The lowest BCUT2D eigenvalue weighted by Gasteiger charge is -2.47. The average molecular weight is 598 g/mol. The number of benzene rings is 3. The highest BCUT2D eigenvalue weighted by Gasteiger charge is 2.49. The summed E-state index contributed by atoms with van der Waals surface area (Å²) < 4.78 is 23.3. The molecule has 5 N–H and O–H groups in total. The van der Waals surface area contributed by atoms with Crippen LogP contribution in [0.2, 0.25) is 5.02 Å². The van der Waals surface area contributed by atoms with Gasteiger partial charge in [0.1, 0.15) is 11.1 Å². The second-order valence-corrected chi connectivity index (χ2v) is 13.8. The molecule has 0 spiro atoms. The zero-order chi connectivity index (χ0) is 28.7. The third-order valence-corrected chi connectivity index (χ3v) is 9.71. The minimum Gasteiger partial charge on any atom is -0.352 e. The molecule has 11 heteroatoms. The number of aromatic nitrogens is 2. The van der Waals surface area contributed by atoms with E-state index in [1.54, 1.807) is 26.8 Å². The van der Waals surface area contributed by atoms with Gasteiger partial charge in [0.05, 0.1) is 29.0 Å². The summed E-state index contributed by atoms with van der Waals surface area (Å²) in [6, 6.07) is 22.5. The van der Waals surface area contributed by atoms with Gasteiger partial charge in [0.2, 0.25) is 5.91 Å². The number of hydrogen-bond acceptors (Lipinski definition) is 5. The number of aromatic amines is 1. The SMILES string of the molecule is CC(C)(C)N1C(=O)CC(c2ccc(C[C@H](NC(=S)Nc3ccccc3)c3nc4ccc(Cl)cc4[nH]3)cc2)S1(O)O. The number of amides is 1. The Morgan fingerprint density at radius 2 is 1.85 bits per heavy atom. The molecule has 5 rings (SSSR count). The Morgan fingerprint density at radius 1 is 1.15 bits per heavy atom. The van der Waals surface area contributed by atoms with E-state index in [9.17, 15) is 13.9 Å². The number of halogens is 1. The van der Waals surface area contributed by atoms with E-state index in [0.717, 1.165) is 22.3 Å². The molecular weight excluding hydrogens is 566 g/mol. The average Bonchev–Trinajstić information content (AvgIpc) is 3.41. The normalized spacial score (nSPS) is 18.5. The van der Waals surface area contributed by atoms with Crippen LogP contribution >= 0.6 is 34.6 Å². The number of hydrogen-bond donors (Lipinski definition) is 5. The Balaban J connectivity index is 1.39. The van der Waals surface area contributed by atoms with Crippen LogP contribution < -0.4 is 10.6 Å². The van der Waals surface area contributed by atoms with E-state index >= 15 is 0 Å². The first-order chi connectivity index (χ1) is 18.9. The van der Waals surface area contributed by atoms with E-state index in [0.29, 0.717) is 27.9 Å². The number of anilines is 1. The van der Waals surface area contributed by atoms with Crippen LogP contribution in [-0.4, -0.2) is 39.9 Å². The number of nitrogens with one attached hydrogen (secondary N) is 3. The van der Waals surface area contributed by atoms with E-state index in [2.05, 4.69) is 15.6 Å². The van der Waals surface area contributed by atoms with Gasteiger partial charge in [-0.05, 0) is 80.9 Å².